The van der Waals surface area contributed by atoms with Crippen LogP contribution in [0.2, 0.25) is 0 Å². The zero-order valence-electron chi connectivity index (χ0n) is 8.16. The Morgan fingerprint density at radius 3 is 2.57 bits per heavy atom. The zero-order chi connectivity index (χ0) is 11.0. The predicted molar refractivity (Wildman–Crippen MR) is 50.5 cm³/mol. The van der Waals surface area contributed by atoms with E-state index < -0.39 is 11.9 Å². The number of carbonyl (C=O) groups excluding carboxylic acids is 1. The van der Waals surface area contributed by atoms with Crippen molar-refractivity contribution in [1.29, 1.82) is 0 Å². The molecule has 0 saturated heterocycles. The quantitative estimate of drug-likeness (QED) is 0.514. The summed E-state index contributed by atoms with van der Waals surface area (Å²) < 4.78 is 4.95. The summed E-state index contributed by atoms with van der Waals surface area (Å²) in [6.07, 6.45) is 5.49. The van der Waals surface area contributed by atoms with Gasteiger partial charge in [0, 0.05) is 6.42 Å². The minimum absolute atomic E-state index is 0.101. The van der Waals surface area contributed by atoms with Crippen LogP contribution in [0, 0.1) is 12.3 Å². The Morgan fingerprint density at radius 2 is 2.14 bits per heavy atom. The first-order valence-electron chi connectivity index (χ1n) is 4.44. The van der Waals surface area contributed by atoms with Gasteiger partial charge in [0.2, 0.25) is 0 Å². The fourth-order valence-corrected chi connectivity index (χ4v) is 0.855. The number of hydrogen-bond acceptors (Lipinski definition) is 3. The second-order valence-electron chi connectivity index (χ2n) is 2.82. The summed E-state index contributed by atoms with van der Waals surface area (Å²) in [6, 6.07) is 0. The molecule has 4 heteroatoms. The number of terminal acetylenes is 1. The van der Waals surface area contributed by atoms with Crippen molar-refractivity contribution in [1.82, 2.24) is 0 Å². The molecule has 0 aliphatic carbocycles. The van der Waals surface area contributed by atoms with Gasteiger partial charge in [-0.25, -0.2) is 0 Å². The van der Waals surface area contributed by atoms with Crippen LogP contribution < -0.4 is 0 Å². The van der Waals surface area contributed by atoms with Crippen molar-refractivity contribution in [3.05, 3.63) is 0 Å². The van der Waals surface area contributed by atoms with Gasteiger partial charge in [-0.05, 0) is 6.42 Å². The predicted octanol–water partition coefficient (Wildman–Crippen LogP) is 1.20. The topological polar surface area (TPSA) is 63.6 Å². The van der Waals surface area contributed by atoms with E-state index in [4.69, 9.17) is 16.3 Å². The molecule has 1 unspecified atom stereocenters. The Morgan fingerprint density at radius 1 is 1.50 bits per heavy atom. The highest BCUT2D eigenvalue weighted by Crippen LogP contribution is 2.05. The Hall–Kier alpha value is -1.50. The van der Waals surface area contributed by atoms with Crippen molar-refractivity contribution in [3.8, 4) is 12.3 Å². The molecule has 0 bridgehead atoms. The molecule has 1 atom stereocenters. The van der Waals surface area contributed by atoms with Crippen LogP contribution >= 0.6 is 0 Å². The molecule has 0 amide bonds. The highest BCUT2D eigenvalue weighted by atomic mass is 16.5. The van der Waals surface area contributed by atoms with Gasteiger partial charge in [0.05, 0.1) is 12.8 Å². The normalized spacial score (nSPS) is 11.4. The lowest BCUT2D eigenvalue weighted by Gasteiger charge is -2.12. The molecule has 0 aromatic rings. The van der Waals surface area contributed by atoms with Crippen LogP contribution in [0.4, 0.5) is 0 Å². The Bertz CT molecular complexity index is 239. The van der Waals surface area contributed by atoms with Crippen molar-refractivity contribution < 1.29 is 19.4 Å². The number of carbonyl (C=O) groups is 2. The highest BCUT2D eigenvalue weighted by Gasteiger charge is 2.12. The second kappa shape index (κ2) is 6.96. The molecule has 78 valence electrons. The van der Waals surface area contributed by atoms with Gasteiger partial charge in [0.1, 0.15) is 6.10 Å². The molecule has 0 radical (unpaired) electrons. The number of rotatable bonds is 6. The molecule has 0 rings (SSSR count). The molecule has 1 N–H and O–H groups in total. The third-order valence-electron chi connectivity index (χ3n) is 1.64. The van der Waals surface area contributed by atoms with Gasteiger partial charge >= 0.3 is 11.9 Å². The molecule has 14 heavy (non-hydrogen) atoms. The van der Waals surface area contributed by atoms with E-state index in [0.717, 1.165) is 0 Å². The van der Waals surface area contributed by atoms with Crippen LogP contribution in [0.25, 0.3) is 0 Å². The van der Waals surface area contributed by atoms with E-state index >= 15 is 0 Å². The minimum atomic E-state index is -1.01. The van der Waals surface area contributed by atoms with E-state index in [9.17, 15) is 9.59 Å². The minimum Gasteiger partial charge on any atom is -0.481 e. The van der Waals surface area contributed by atoms with Crippen molar-refractivity contribution >= 4 is 11.9 Å². The van der Waals surface area contributed by atoms with Crippen molar-refractivity contribution in [3.63, 3.8) is 0 Å². The third kappa shape index (κ3) is 6.06. The Labute approximate surface area is 83.3 Å². The Balaban J connectivity index is 3.80. The van der Waals surface area contributed by atoms with Crippen LogP contribution in [0.3, 0.4) is 0 Å². The van der Waals surface area contributed by atoms with Crippen LogP contribution in [0.15, 0.2) is 0 Å². The van der Waals surface area contributed by atoms with E-state index in [2.05, 4.69) is 5.92 Å². The van der Waals surface area contributed by atoms with Crippen molar-refractivity contribution in [2.24, 2.45) is 0 Å². The van der Waals surface area contributed by atoms with E-state index in [-0.39, 0.29) is 18.9 Å². The molecule has 0 heterocycles. The first kappa shape index (κ1) is 12.5. The average molecular weight is 198 g/mol. The van der Waals surface area contributed by atoms with Gasteiger partial charge < -0.3 is 9.84 Å². The van der Waals surface area contributed by atoms with E-state index in [0.29, 0.717) is 12.8 Å². The molecule has 0 aliphatic heterocycles. The number of carboxylic acids is 1. The van der Waals surface area contributed by atoms with Gasteiger partial charge in [0.25, 0.3) is 0 Å². The summed E-state index contributed by atoms with van der Waals surface area (Å²) in [5, 5.41) is 8.32. The van der Waals surface area contributed by atoms with Crippen LogP contribution in [-0.4, -0.2) is 23.1 Å². The monoisotopic (exact) mass is 198 g/mol. The summed E-state index contributed by atoms with van der Waals surface area (Å²) in [5.41, 5.74) is 0. The smallest absolute Gasteiger partial charge is 0.306 e. The van der Waals surface area contributed by atoms with Gasteiger partial charge in [-0.3, -0.25) is 9.59 Å². The van der Waals surface area contributed by atoms with Crippen molar-refractivity contribution in [2.45, 2.75) is 38.7 Å². The van der Waals surface area contributed by atoms with Crippen LogP contribution in [-0.2, 0) is 14.3 Å². The fourth-order valence-electron chi connectivity index (χ4n) is 0.855. The molecule has 0 aliphatic rings. The van der Waals surface area contributed by atoms with Crippen LogP contribution in [0.5, 0.6) is 0 Å². The molecule has 4 nitrogen and oxygen atoms in total. The number of aliphatic carboxylic acids is 1. The van der Waals surface area contributed by atoms with Crippen LogP contribution in [0.1, 0.15) is 32.6 Å². The molecular weight excluding hydrogens is 184 g/mol. The summed E-state index contributed by atoms with van der Waals surface area (Å²) in [5.74, 6) is 0.883. The van der Waals surface area contributed by atoms with E-state index in [1.54, 1.807) is 0 Å². The maximum Gasteiger partial charge on any atom is 0.306 e. The molecule has 0 saturated carbocycles. The average Bonchev–Trinajstić information content (AvgIpc) is 2.14. The maximum atomic E-state index is 11.0. The number of esters is 1. The lowest BCUT2D eigenvalue weighted by molar-refractivity contribution is -0.151. The fraction of sp³-hybridized carbons (Fsp3) is 0.600. The lowest BCUT2D eigenvalue weighted by atomic mass is 10.2. The van der Waals surface area contributed by atoms with Crippen molar-refractivity contribution in [2.75, 3.05) is 0 Å². The van der Waals surface area contributed by atoms with E-state index in [1.165, 1.54) is 0 Å². The van der Waals surface area contributed by atoms with Gasteiger partial charge in [-0.2, -0.15) is 0 Å². The number of hydrogen-bond donors (Lipinski definition) is 1. The largest absolute Gasteiger partial charge is 0.481 e. The van der Waals surface area contributed by atoms with Gasteiger partial charge in [0.15, 0.2) is 0 Å². The second-order valence-corrected chi connectivity index (χ2v) is 2.82. The summed E-state index contributed by atoms with van der Waals surface area (Å²) in [7, 11) is 0. The number of carboxylic acid groups (broad SMARTS) is 1. The number of ether oxygens (including phenoxy) is 1. The summed E-state index contributed by atoms with van der Waals surface area (Å²) in [4.78, 5) is 21.2. The standard InChI is InChI=1S/C10H14O4/c1-3-5-8(4-2)14-10(13)7-6-9(11)12/h1,8H,4-7H2,2H3,(H,11,12). The summed E-state index contributed by atoms with van der Waals surface area (Å²) >= 11 is 0. The van der Waals surface area contributed by atoms with E-state index in [1.807, 2.05) is 6.92 Å². The third-order valence-corrected chi connectivity index (χ3v) is 1.64. The zero-order valence-corrected chi connectivity index (χ0v) is 8.16. The highest BCUT2D eigenvalue weighted by molar-refractivity contribution is 5.76. The first-order valence-corrected chi connectivity index (χ1v) is 4.44. The molecule has 0 aromatic heterocycles. The Kier molecular flexibility index (Phi) is 6.21. The molecular formula is C10H14O4. The summed E-state index contributed by atoms with van der Waals surface area (Å²) in [6.45, 7) is 1.85. The lowest BCUT2D eigenvalue weighted by Crippen LogP contribution is -2.17. The molecule has 0 aromatic carbocycles. The van der Waals surface area contributed by atoms with Gasteiger partial charge in [-0.1, -0.05) is 6.92 Å². The molecule has 0 spiro atoms. The molecule has 0 fully saturated rings. The maximum absolute atomic E-state index is 11.0. The first-order chi connectivity index (χ1) is 6.60. The SMILES string of the molecule is C#CCC(CC)OC(=O)CCC(=O)O. The van der Waals surface area contributed by atoms with Gasteiger partial charge in [-0.15, -0.1) is 12.3 Å².